The SMILES string of the molecule is CCCCCCCC(=O)OC[C@H](COP(=O)(O)OC[C@H](O)COP(=O)(O)OC[C@@H](COC(=O)CCCCCCCCC(C)CC)OC(=O)CCCCCCCCCCCCCCCCCCCCC(C)C)OC(=O)CCCCCCC. The Labute approximate surface area is 492 Å². The van der Waals surface area contributed by atoms with Gasteiger partial charge in [-0.25, -0.2) is 9.13 Å². The molecule has 19 heteroatoms. The second-order valence-corrected chi connectivity index (χ2v) is 26.1. The third kappa shape index (κ3) is 55.7. The number of phosphoric ester groups is 2. The molecule has 3 N–H and O–H groups in total. The van der Waals surface area contributed by atoms with Crippen molar-refractivity contribution < 1.29 is 80.2 Å². The van der Waals surface area contributed by atoms with Gasteiger partial charge in [0.1, 0.15) is 19.3 Å². The number of hydrogen-bond donors (Lipinski definition) is 3. The molecule has 17 nitrogen and oxygen atoms in total. The molecule has 0 aromatic heterocycles. The largest absolute Gasteiger partial charge is 0.472 e. The molecule has 0 radical (unpaired) electrons. The molecule has 81 heavy (non-hydrogen) atoms. The van der Waals surface area contributed by atoms with Gasteiger partial charge in [-0.2, -0.15) is 0 Å². The summed E-state index contributed by atoms with van der Waals surface area (Å²) in [6.07, 6.45) is 37.2. The molecule has 0 bridgehead atoms. The summed E-state index contributed by atoms with van der Waals surface area (Å²) in [6, 6.07) is 0. The van der Waals surface area contributed by atoms with Crippen molar-refractivity contribution in [3.8, 4) is 0 Å². The van der Waals surface area contributed by atoms with Crippen LogP contribution >= 0.6 is 15.6 Å². The first kappa shape index (κ1) is 79.1. The number of carbonyl (C=O) groups is 4. The third-order valence-electron chi connectivity index (χ3n) is 14.6. The highest BCUT2D eigenvalue weighted by Gasteiger charge is 2.30. The monoisotopic (exact) mass is 1200 g/mol. The lowest BCUT2D eigenvalue weighted by atomic mass is 10.00. The fourth-order valence-corrected chi connectivity index (χ4v) is 10.7. The van der Waals surface area contributed by atoms with Crippen LogP contribution < -0.4 is 0 Å². The summed E-state index contributed by atoms with van der Waals surface area (Å²) in [6.45, 7) is 9.29. The van der Waals surface area contributed by atoms with Crippen molar-refractivity contribution in [2.45, 2.75) is 323 Å². The molecule has 0 aliphatic rings. The molecular formula is C62H120O17P2. The van der Waals surface area contributed by atoms with Crippen LogP contribution in [0.3, 0.4) is 0 Å². The second-order valence-electron chi connectivity index (χ2n) is 23.2. The fourth-order valence-electron chi connectivity index (χ4n) is 9.15. The first-order chi connectivity index (χ1) is 38.9. The van der Waals surface area contributed by atoms with Gasteiger partial charge in [0.25, 0.3) is 0 Å². The number of unbranched alkanes of at least 4 members (excludes halogenated alkanes) is 30. The Hall–Kier alpha value is -1.94. The van der Waals surface area contributed by atoms with Crippen LogP contribution in [0.5, 0.6) is 0 Å². The van der Waals surface area contributed by atoms with E-state index in [9.17, 15) is 43.2 Å². The number of aliphatic hydroxyl groups is 1. The molecule has 0 aromatic rings. The van der Waals surface area contributed by atoms with Crippen molar-refractivity contribution in [3.05, 3.63) is 0 Å². The van der Waals surface area contributed by atoms with Crippen molar-refractivity contribution in [2.75, 3.05) is 39.6 Å². The lowest BCUT2D eigenvalue weighted by Crippen LogP contribution is -2.30. The number of hydrogen-bond acceptors (Lipinski definition) is 15. The van der Waals surface area contributed by atoms with Gasteiger partial charge in [0, 0.05) is 25.7 Å². The van der Waals surface area contributed by atoms with Crippen molar-refractivity contribution in [1.82, 2.24) is 0 Å². The van der Waals surface area contributed by atoms with E-state index in [0.717, 1.165) is 115 Å². The lowest BCUT2D eigenvalue weighted by molar-refractivity contribution is -0.161. The maximum Gasteiger partial charge on any atom is 0.472 e. The van der Waals surface area contributed by atoms with Crippen molar-refractivity contribution in [1.29, 1.82) is 0 Å². The summed E-state index contributed by atoms with van der Waals surface area (Å²) in [5.74, 6) is -0.610. The number of phosphoric acid groups is 2. The normalized spacial score (nSPS) is 14.7. The van der Waals surface area contributed by atoms with Gasteiger partial charge in [-0.05, 0) is 37.5 Å². The molecule has 0 aliphatic heterocycles. The van der Waals surface area contributed by atoms with Crippen LogP contribution in [-0.4, -0.2) is 96.7 Å². The minimum Gasteiger partial charge on any atom is -0.462 e. The third-order valence-corrected chi connectivity index (χ3v) is 16.5. The van der Waals surface area contributed by atoms with Gasteiger partial charge in [-0.3, -0.25) is 37.3 Å². The molecular weight excluding hydrogens is 1080 g/mol. The van der Waals surface area contributed by atoms with Crippen molar-refractivity contribution in [3.63, 3.8) is 0 Å². The molecule has 0 aliphatic carbocycles. The highest BCUT2D eigenvalue weighted by Crippen LogP contribution is 2.45. The van der Waals surface area contributed by atoms with Gasteiger partial charge in [0.2, 0.25) is 0 Å². The van der Waals surface area contributed by atoms with Crippen LogP contribution in [0.25, 0.3) is 0 Å². The van der Waals surface area contributed by atoms with Crippen LogP contribution in [0, 0.1) is 11.8 Å². The van der Waals surface area contributed by atoms with E-state index >= 15 is 0 Å². The molecule has 0 saturated heterocycles. The van der Waals surface area contributed by atoms with Gasteiger partial charge in [-0.15, -0.1) is 0 Å². The predicted octanol–water partition coefficient (Wildman–Crippen LogP) is 16.9. The van der Waals surface area contributed by atoms with Crippen LogP contribution in [0.1, 0.15) is 305 Å². The zero-order valence-electron chi connectivity index (χ0n) is 52.1. The minimum atomic E-state index is -4.94. The zero-order chi connectivity index (χ0) is 60.1. The van der Waals surface area contributed by atoms with Gasteiger partial charge in [0.05, 0.1) is 26.4 Å². The summed E-state index contributed by atoms with van der Waals surface area (Å²) >= 11 is 0. The Morgan fingerprint density at radius 1 is 0.358 bits per heavy atom. The van der Waals surface area contributed by atoms with Crippen LogP contribution in [-0.2, 0) is 65.4 Å². The molecule has 0 amide bonds. The van der Waals surface area contributed by atoms with E-state index in [1.165, 1.54) is 109 Å². The number of ether oxygens (including phenoxy) is 4. The highest BCUT2D eigenvalue weighted by molar-refractivity contribution is 7.47. The first-order valence-electron chi connectivity index (χ1n) is 32.5. The summed E-state index contributed by atoms with van der Waals surface area (Å²) in [4.78, 5) is 71.5. The second kappa shape index (κ2) is 54.7. The molecule has 0 fully saturated rings. The Morgan fingerprint density at radius 3 is 0.938 bits per heavy atom. The lowest BCUT2D eigenvalue weighted by Gasteiger charge is -2.21. The predicted molar refractivity (Wildman–Crippen MR) is 321 cm³/mol. The van der Waals surface area contributed by atoms with E-state index in [2.05, 4.69) is 41.5 Å². The Balaban J connectivity index is 5.02. The van der Waals surface area contributed by atoms with Crippen LogP contribution in [0.4, 0.5) is 0 Å². The van der Waals surface area contributed by atoms with Crippen LogP contribution in [0.15, 0.2) is 0 Å². The maximum atomic E-state index is 13.0. The Kier molecular flexibility index (Phi) is 53.4. The van der Waals surface area contributed by atoms with E-state index in [1.54, 1.807) is 0 Å². The molecule has 3 unspecified atom stereocenters. The first-order valence-corrected chi connectivity index (χ1v) is 35.5. The highest BCUT2D eigenvalue weighted by atomic mass is 31.2. The summed E-state index contributed by atoms with van der Waals surface area (Å²) in [5.41, 5.74) is 0. The van der Waals surface area contributed by atoms with E-state index < -0.39 is 97.5 Å². The van der Waals surface area contributed by atoms with E-state index in [-0.39, 0.29) is 25.7 Å². The number of rotatable bonds is 61. The number of carbonyl (C=O) groups excluding carboxylic acids is 4. The average Bonchev–Trinajstić information content (AvgIpc) is 3.43. The van der Waals surface area contributed by atoms with Gasteiger partial charge in [-0.1, -0.05) is 253 Å². The molecule has 480 valence electrons. The number of aliphatic hydroxyl groups excluding tert-OH is 1. The molecule has 0 rings (SSSR count). The van der Waals surface area contributed by atoms with Crippen molar-refractivity contribution >= 4 is 39.5 Å². The van der Waals surface area contributed by atoms with Gasteiger partial charge >= 0.3 is 39.5 Å². The van der Waals surface area contributed by atoms with Crippen molar-refractivity contribution in [2.24, 2.45) is 11.8 Å². The average molecular weight is 1200 g/mol. The quantitative estimate of drug-likeness (QED) is 0.0222. The molecule has 0 spiro atoms. The standard InChI is InChI=1S/C62H120O17P2/c1-7-10-12-30-38-44-59(64)72-50-57(78-61(66)46-40-31-13-11-8-2)52-76-80(68,69)74-48-56(63)49-75-81(70,71)77-53-58(51-73-60(65)45-39-34-29-28-33-37-43-55(6)9-3)79-62(67)47-41-35-27-25-23-21-19-17-15-14-16-18-20-22-24-26-32-36-42-54(4)5/h54-58,63H,7-53H2,1-6H3,(H,68,69)(H,70,71)/t55?,56-,57+,58+/m0/s1. The summed E-state index contributed by atoms with van der Waals surface area (Å²) < 4.78 is 67.4. The van der Waals surface area contributed by atoms with E-state index in [1.807, 2.05) is 0 Å². The maximum absolute atomic E-state index is 13.0. The van der Waals surface area contributed by atoms with E-state index in [4.69, 9.17) is 37.0 Å². The molecule has 0 saturated carbocycles. The van der Waals surface area contributed by atoms with Gasteiger partial charge in [0.15, 0.2) is 12.2 Å². The molecule has 6 atom stereocenters. The van der Waals surface area contributed by atoms with E-state index in [0.29, 0.717) is 25.7 Å². The number of esters is 4. The summed E-state index contributed by atoms with van der Waals surface area (Å²) in [7, 11) is -9.86. The fraction of sp³-hybridized carbons (Fsp3) is 0.935. The smallest absolute Gasteiger partial charge is 0.462 e. The Morgan fingerprint density at radius 2 is 0.630 bits per heavy atom. The zero-order valence-corrected chi connectivity index (χ0v) is 53.9. The summed E-state index contributed by atoms with van der Waals surface area (Å²) in [5, 5.41) is 10.5. The van der Waals surface area contributed by atoms with Crippen LogP contribution in [0.2, 0.25) is 0 Å². The molecule has 0 heterocycles. The van der Waals surface area contributed by atoms with Gasteiger partial charge < -0.3 is 33.8 Å². The molecule has 0 aromatic carbocycles. The minimum absolute atomic E-state index is 0.0985. The Bertz CT molecular complexity index is 1600. The topological polar surface area (TPSA) is 237 Å².